The molecule has 1 aliphatic heterocycles. The second-order valence-corrected chi connectivity index (χ2v) is 15.6. The van der Waals surface area contributed by atoms with Crippen LogP contribution in [0.4, 0.5) is 17.1 Å². The van der Waals surface area contributed by atoms with Gasteiger partial charge in [-0.2, -0.15) is 0 Å². The highest BCUT2D eigenvalue weighted by molar-refractivity contribution is 7.99. The van der Waals surface area contributed by atoms with Crippen LogP contribution in [0.25, 0.3) is 11.1 Å². The van der Waals surface area contributed by atoms with E-state index in [1.807, 2.05) is 91.0 Å². The number of hydrogen-bond acceptors (Lipinski definition) is 8. The van der Waals surface area contributed by atoms with Crippen molar-refractivity contribution in [2.24, 2.45) is 0 Å². The molecule has 1 aliphatic rings. The molecule has 3 atom stereocenters. The number of nitrogens with two attached hydrogens (primary N) is 1. The molecule has 6 N–H and O–H groups in total. The summed E-state index contributed by atoms with van der Waals surface area (Å²) in [5, 5.41) is 18.3. The van der Waals surface area contributed by atoms with Gasteiger partial charge in [-0.1, -0.05) is 97.8 Å². The van der Waals surface area contributed by atoms with E-state index >= 15 is 0 Å². The van der Waals surface area contributed by atoms with E-state index in [-0.39, 0.29) is 36.5 Å². The third kappa shape index (κ3) is 12.5. The van der Waals surface area contributed by atoms with Gasteiger partial charge in [-0.05, 0) is 77.1 Å². The van der Waals surface area contributed by atoms with Crippen molar-refractivity contribution in [3.8, 4) is 11.1 Å². The van der Waals surface area contributed by atoms with E-state index in [0.29, 0.717) is 42.9 Å². The summed E-state index contributed by atoms with van der Waals surface area (Å²) in [6.07, 6.45) is 3.89. The highest BCUT2D eigenvalue weighted by atomic mass is 32.2. The van der Waals surface area contributed by atoms with Crippen molar-refractivity contribution < 1.29 is 29.0 Å². The minimum absolute atomic E-state index is 0.00400. The van der Waals surface area contributed by atoms with Gasteiger partial charge in [-0.25, -0.2) is 0 Å². The summed E-state index contributed by atoms with van der Waals surface area (Å²) < 4.78 is 13.2. The molecule has 58 heavy (non-hydrogen) atoms. The molecule has 0 spiro atoms. The number of carbonyl (C=O) groups excluding carboxylic acids is 3. The Balaban J connectivity index is 1.01. The average molecular weight is 801 g/mol. The summed E-state index contributed by atoms with van der Waals surface area (Å²) >= 11 is 1.70. The first kappa shape index (κ1) is 42.2. The number of hydrogen-bond donors (Lipinski definition) is 5. The number of rotatable bonds is 18. The SMILES string of the molecule is CC(=O)Nc1ccc(SC[C@H]2C[C@@H](c3ccc(CO)cc3)O[C@@H](c3ccc(-c4ccccc4CNC(=O)CCCCCCC(=O)Nc4ccccc4N)cc3)O2)cc1. The van der Waals surface area contributed by atoms with Gasteiger partial charge in [0.05, 0.1) is 30.2 Å². The lowest BCUT2D eigenvalue weighted by molar-refractivity contribution is -0.245. The molecule has 3 amide bonds. The molecule has 1 saturated heterocycles. The highest BCUT2D eigenvalue weighted by Gasteiger charge is 2.32. The van der Waals surface area contributed by atoms with E-state index in [2.05, 4.69) is 34.1 Å². The summed E-state index contributed by atoms with van der Waals surface area (Å²) in [4.78, 5) is 37.6. The van der Waals surface area contributed by atoms with Crippen molar-refractivity contribution in [3.63, 3.8) is 0 Å². The van der Waals surface area contributed by atoms with E-state index in [1.165, 1.54) is 6.92 Å². The van der Waals surface area contributed by atoms with Gasteiger partial charge in [0.15, 0.2) is 6.29 Å². The number of nitrogens with one attached hydrogen (secondary N) is 3. The Labute approximate surface area is 344 Å². The molecule has 0 unspecified atom stereocenters. The van der Waals surface area contributed by atoms with Crippen molar-refractivity contribution in [2.75, 3.05) is 22.1 Å². The van der Waals surface area contributed by atoms with Crippen LogP contribution in [0.15, 0.2) is 126 Å². The number of benzene rings is 5. The van der Waals surface area contributed by atoms with Crippen LogP contribution in [0.1, 0.15) is 86.5 Å². The Morgan fingerprint density at radius 3 is 2.12 bits per heavy atom. The van der Waals surface area contributed by atoms with Gasteiger partial charge in [0.25, 0.3) is 0 Å². The summed E-state index contributed by atoms with van der Waals surface area (Å²) in [6, 6.07) is 39.2. The third-order valence-electron chi connectivity index (χ3n) is 10.0. The van der Waals surface area contributed by atoms with Crippen LogP contribution >= 0.6 is 11.8 Å². The Morgan fingerprint density at radius 1 is 0.741 bits per heavy atom. The molecule has 0 saturated carbocycles. The van der Waals surface area contributed by atoms with Crippen LogP contribution in [0.2, 0.25) is 0 Å². The van der Waals surface area contributed by atoms with Crippen molar-refractivity contribution in [3.05, 3.63) is 144 Å². The molecule has 6 rings (SSSR count). The summed E-state index contributed by atoms with van der Waals surface area (Å²) in [5.74, 6) is 0.557. The first-order valence-corrected chi connectivity index (χ1v) is 20.8. The first-order valence-electron chi connectivity index (χ1n) is 19.8. The zero-order valence-corrected chi connectivity index (χ0v) is 33.6. The number of amides is 3. The number of aliphatic hydroxyl groups is 1. The average Bonchev–Trinajstić information content (AvgIpc) is 3.24. The van der Waals surface area contributed by atoms with Crippen molar-refractivity contribution in [1.82, 2.24) is 5.32 Å². The molecular weight excluding hydrogens is 749 g/mol. The molecule has 5 aromatic rings. The van der Waals surface area contributed by atoms with Crippen molar-refractivity contribution in [1.29, 1.82) is 0 Å². The van der Waals surface area contributed by atoms with Gasteiger partial charge in [-0.15, -0.1) is 11.8 Å². The predicted octanol–water partition coefficient (Wildman–Crippen LogP) is 9.32. The van der Waals surface area contributed by atoms with Gasteiger partial charge < -0.3 is 36.3 Å². The van der Waals surface area contributed by atoms with Crippen LogP contribution in [-0.4, -0.2) is 34.7 Å². The molecule has 0 radical (unpaired) electrons. The van der Waals surface area contributed by atoms with E-state index in [9.17, 15) is 19.5 Å². The quantitative estimate of drug-likeness (QED) is 0.0334. The second-order valence-electron chi connectivity index (χ2n) is 14.5. The summed E-state index contributed by atoms with van der Waals surface area (Å²) in [7, 11) is 0. The second kappa shape index (κ2) is 21.3. The molecule has 0 aromatic heterocycles. The Hall–Kier alpha value is -5.46. The van der Waals surface area contributed by atoms with E-state index in [1.54, 1.807) is 23.9 Å². The van der Waals surface area contributed by atoms with E-state index < -0.39 is 6.29 Å². The monoisotopic (exact) mass is 800 g/mol. The lowest BCUT2D eigenvalue weighted by Crippen LogP contribution is -2.31. The zero-order chi connectivity index (χ0) is 40.7. The number of unbranched alkanes of at least 4 members (excludes halogenated alkanes) is 3. The number of thioether (sulfide) groups is 1. The fourth-order valence-corrected chi connectivity index (χ4v) is 7.78. The maximum absolute atomic E-state index is 12.8. The smallest absolute Gasteiger partial charge is 0.224 e. The lowest BCUT2D eigenvalue weighted by atomic mass is 9.97. The molecule has 10 nitrogen and oxygen atoms in total. The molecule has 11 heteroatoms. The van der Waals surface area contributed by atoms with Crippen LogP contribution in [-0.2, 0) is 37.0 Å². The Kier molecular flexibility index (Phi) is 15.5. The highest BCUT2D eigenvalue weighted by Crippen LogP contribution is 2.40. The zero-order valence-electron chi connectivity index (χ0n) is 32.8. The maximum Gasteiger partial charge on any atom is 0.224 e. The predicted molar refractivity (Wildman–Crippen MR) is 231 cm³/mol. The molecular formula is C47H52N4O6S. The molecule has 0 aliphatic carbocycles. The van der Waals surface area contributed by atoms with Crippen LogP contribution in [0, 0.1) is 0 Å². The molecule has 1 fully saturated rings. The minimum atomic E-state index is -0.585. The molecule has 5 aromatic carbocycles. The number of ether oxygens (including phenoxy) is 2. The van der Waals surface area contributed by atoms with E-state index in [0.717, 1.165) is 69.6 Å². The number of anilines is 3. The number of aliphatic hydroxyl groups excluding tert-OH is 1. The Morgan fingerprint density at radius 2 is 1.41 bits per heavy atom. The largest absolute Gasteiger partial charge is 0.397 e. The maximum atomic E-state index is 12.8. The van der Waals surface area contributed by atoms with Crippen LogP contribution < -0.4 is 21.7 Å². The first-order chi connectivity index (χ1) is 28.2. The van der Waals surface area contributed by atoms with Gasteiger partial charge >= 0.3 is 0 Å². The van der Waals surface area contributed by atoms with Gasteiger partial charge in [-0.3, -0.25) is 14.4 Å². The third-order valence-corrected chi connectivity index (χ3v) is 11.1. The summed E-state index contributed by atoms with van der Waals surface area (Å²) in [6.45, 7) is 1.89. The van der Waals surface area contributed by atoms with Crippen molar-refractivity contribution in [2.45, 2.75) is 88.4 Å². The topological polar surface area (TPSA) is 152 Å². The van der Waals surface area contributed by atoms with Crippen LogP contribution in [0.3, 0.4) is 0 Å². The van der Waals surface area contributed by atoms with E-state index in [4.69, 9.17) is 15.2 Å². The van der Waals surface area contributed by atoms with Gasteiger partial charge in [0, 0.05) is 54.6 Å². The molecule has 1 heterocycles. The normalized spacial score (nSPS) is 16.3. The van der Waals surface area contributed by atoms with Crippen LogP contribution in [0.5, 0.6) is 0 Å². The number of carbonyl (C=O) groups is 3. The lowest BCUT2D eigenvalue weighted by Gasteiger charge is -2.36. The number of para-hydroxylation sites is 2. The van der Waals surface area contributed by atoms with Gasteiger partial charge in [0.2, 0.25) is 17.7 Å². The summed E-state index contributed by atoms with van der Waals surface area (Å²) in [5.41, 5.74) is 13.7. The standard InChI is InChI=1S/C47H52N4O6S/c1-32(53)50-38-24-26-40(27-25-38)58-31-39-28-44(35-18-16-33(30-52)17-19-35)57-47(56-39)36-22-20-34(21-23-36)41-11-7-6-10-37(41)29-49-45(54)14-4-2-3-5-15-46(55)51-43-13-9-8-12-42(43)48/h6-13,16-27,39,44,47,52H,2-5,14-15,28-31,48H2,1H3,(H,49,54)(H,50,53)(H,51,55)/t39-,44+,47+/m1/s1. The van der Waals surface area contributed by atoms with Crippen molar-refractivity contribution >= 4 is 46.5 Å². The van der Waals surface area contributed by atoms with Gasteiger partial charge in [0.1, 0.15) is 0 Å². The fourth-order valence-electron chi connectivity index (χ4n) is 6.86. The number of nitrogen functional groups attached to an aromatic ring is 1. The molecule has 0 bridgehead atoms. The molecule has 302 valence electrons. The Bertz CT molecular complexity index is 2110. The minimum Gasteiger partial charge on any atom is -0.397 e. The fraction of sp³-hybridized carbons (Fsp3) is 0.298.